The molecular formula is C13H20N2O2. The standard InChI is InChI=1S/C13H20N2O2/c1-3-17-12-6-4-5-10(13(12)16)11-9-14-7-8-15(11)2/h4-6,11,14,16H,3,7-9H2,1-2H3. The van der Waals surface area contributed by atoms with E-state index in [1.54, 1.807) is 6.07 Å². The summed E-state index contributed by atoms with van der Waals surface area (Å²) >= 11 is 0. The minimum absolute atomic E-state index is 0.212. The summed E-state index contributed by atoms with van der Waals surface area (Å²) in [6.45, 7) is 5.33. The molecule has 1 saturated heterocycles. The molecule has 1 unspecified atom stereocenters. The molecule has 0 spiro atoms. The molecule has 1 aliphatic rings. The summed E-state index contributed by atoms with van der Waals surface area (Å²) in [7, 11) is 2.08. The van der Waals surface area contributed by atoms with Crippen LogP contribution in [0.4, 0.5) is 0 Å². The van der Waals surface area contributed by atoms with Crippen LogP contribution in [0.3, 0.4) is 0 Å². The molecule has 1 atom stereocenters. The Morgan fingerprint density at radius 2 is 2.35 bits per heavy atom. The van der Waals surface area contributed by atoms with Gasteiger partial charge in [0.15, 0.2) is 11.5 Å². The molecule has 17 heavy (non-hydrogen) atoms. The van der Waals surface area contributed by atoms with E-state index in [9.17, 15) is 5.11 Å². The number of rotatable bonds is 3. The largest absolute Gasteiger partial charge is 0.504 e. The first-order valence-corrected chi connectivity index (χ1v) is 6.09. The first kappa shape index (κ1) is 12.2. The monoisotopic (exact) mass is 236 g/mol. The molecule has 1 fully saturated rings. The molecule has 1 aromatic rings. The first-order valence-electron chi connectivity index (χ1n) is 6.09. The molecule has 4 nitrogen and oxygen atoms in total. The quantitative estimate of drug-likeness (QED) is 0.832. The van der Waals surface area contributed by atoms with Crippen LogP contribution in [0.15, 0.2) is 18.2 Å². The molecule has 0 amide bonds. The zero-order valence-electron chi connectivity index (χ0n) is 10.4. The van der Waals surface area contributed by atoms with Crippen molar-refractivity contribution in [2.24, 2.45) is 0 Å². The summed E-state index contributed by atoms with van der Waals surface area (Å²) in [5.41, 5.74) is 0.936. The first-order chi connectivity index (χ1) is 8.24. The number of hydrogen-bond donors (Lipinski definition) is 2. The van der Waals surface area contributed by atoms with Gasteiger partial charge in [-0.1, -0.05) is 12.1 Å². The van der Waals surface area contributed by atoms with Gasteiger partial charge >= 0.3 is 0 Å². The van der Waals surface area contributed by atoms with Crippen molar-refractivity contribution in [3.05, 3.63) is 23.8 Å². The van der Waals surface area contributed by atoms with Crippen LogP contribution in [0, 0.1) is 0 Å². The van der Waals surface area contributed by atoms with Gasteiger partial charge in [0.05, 0.1) is 12.6 Å². The molecule has 0 bridgehead atoms. The Balaban J connectivity index is 2.27. The van der Waals surface area contributed by atoms with Crippen LogP contribution in [0.1, 0.15) is 18.5 Å². The molecule has 0 saturated carbocycles. The van der Waals surface area contributed by atoms with Crippen molar-refractivity contribution in [3.8, 4) is 11.5 Å². The van der Waals surface area contributed by atoms with Gasteiger partial charge in [0, 0.05) is 25.2 Å². The van der Waals surface area contributed by atoms with Gasteiger partial charge in [-0.2, -0.15) is 0 Å². The van der Waals surface area contributed by atoms with Crippen LogP contribution < -0.4 is 10.1 Å². The third kappa shape index (κ3) is 2.53. The Morgan fingerprint density at radius 1 is 1.53 bits per heavy atom. The van der Waals surface area contributed by atoms with Gasteiger partial charge in [0.1, 0.15) is 0 Å². The van der Waals surface area contributed by atoms with Crippen LogP contribution in [0.25, 0.3) is 0 Å². The minimum atomic E-state index is 0.212. The maximum Gasteiger partial charge on any atom is 0.162 e. The number of aromatic hydroxyl groups is 1. The molecule has 2 rings (SSSR count). The third-order valence-corrected chi connectivity index (χ3v) is 3.20. The maximum atomic E-state index is 10.2. The smallest absolute Gasteiger partial charge is 0.162 e. The summed E-state index contributed by atoms with van der Waals surface area (Å²) in [5.74, 6) is 0.846. The zero-order chi connectivity index (χ0) is 12.3. The highest BCUT2D eigenvalue weighted by Gasteiger charge is 2.24. The predicted octanol–water partition coefficient (Wildman–Crippen LogP) is 1.37. The normalized spacial score (nSPS) is 21.4. The van der Waals surface area contributed by atoms with Crippen molar-refractivity contribution < 1.29 is 9.84 Å². The lowest BCUT2D eigenvalue weighted by Crippen LogP contribution is -2.43. The second kappa shape index (κ2) is 5.38. The second-order valence-corrected chi connectivity index (χ2v) is 4.33. The molecule has 1 aliphatic heterocycles. The molecule has 0 aliphatic carbocycles. The highest BCUT2D eigenvalue weighted by molar-refractivity contribution is 5.47. The van der Waals surface area contributed by atoms with Gasteiger partial charge in [-0.05, 0) is 20.0 Å². The number of para-hydroxylation sites is 1. The van der Waals surface area contributed by atoms with E-state index in [1.165, 1.54) is 0 Å². The number of phenolic OH excluding ortho intramolecular Hbond substituents is 1. The number of nitrogens with zero attached hydrogens (tertiary/aromatic N) is 1. The van der Waals surface area contributed by atoms with Gasteiger partial charge in [0.25, 0.3) is 0 Å². The molecule has 0 radical (unpaired) electrons. The van der Waals surface area contributed by atoms with E-state index in [0.29, 0.717) is 12.4 Å². The fourth-order valence-electron chi connectivity index (χ4n) is 2.23. The van der Waals surface area contributed by atoms with Crippen molar-refractivity contribution in [2.75, 3.05) is 33.3 Å². The minimum Gasteiger partial charge on any atom is -0.504 e. The molecule has 4 heteroatoms. The van der Waals surface area contributed by atoms with E-state index < -0.39 is 0 Å². The maximum absolute atomic E-state index is 10.2. The van der Waals surface area contributed by atoms with Crippen LogP contribution in [0.2, 0.25) is 0 Å². The highest BCUT2D eigenvalue weighted by atomic mass is 16.5. The Bertz CT molecular complexity index is 382. The number of ether oxygens (including phenoxy) is 1. The molecule has 1 aromatic carbocycles. The van der Waals surface area contributed by atoms with Gasteiger partial charge in [-0.3, -0.25) is 4.90 Å². The van der Waals surface area contributed by atoms with Gasteiger partial charge in [-0.15, -0.1) is 0 Å². The molecule has 1 heterocycles. The average molecular weight is 236 g/mol. The Morgan fingerprint density at radius 3 is 3.06 bits per heavy atom. The van der Waals surface area contributed by atoms with Crippen molar-refractivity contribution in [1.82, 2.24) is 10.2 Å². The summed E-state index contributed by atoms with van der Waals surface area (Å²) < 4.78 is 5.41. The van der Waals surface area contributed by atoms with E-state index in [2.05, 4.69) is 17.3 Å². The topological polar surface area (TPSA) is 44.7 Å². The van der Waals surface area contributed by atoms with Crippen LogP contribution in [-0.4, -0.2) is 43.3 Å². The SMILES string of the molecule is CCOc1cccc(C2CNCCN2C)c1O. The van der Waals surface area contributed by atoms with Gasteiger partial charge < -0.3 is 15.2 Å². The molecular weight excluding hydrogens is 216 g/mol. The zero-order valence-corrected chi connectivity index (χ0v) is 10.4. The van der Waals surface area contributed by atoms with Crippen LogP contribution >= 0.6 is 0 Å². The number of likely N-dealkylation sites (N-methyl/N-ethyl adjacent to an activating group) is 1. The lowest BCUT2D eigenvalue weighted by atomic mass is 10.0. The number of piperazine rings is 1. The van der Waals surface area contributed by atoms with E-state index in [0.717, 1.165) is 25.2 Å². The van der Waals surface area contributed by atoms with Crippen molar-refractivity contribution >= 4 is 0 Å². The Kier molecular flexibility index (Phi) is 3.86. The van der Waals surface area contributed by atoms with Crippen molar-refractivity contribution in [2.45, 2.75) is 13.0 Å². The third-order valence-electron chi connectivity index (χ3n) is 3.20. The molecule has 94 valence electrons. The number of phenols is 1. The number of hydrogen-bond acceptors (Lipinski definition) is 4. The predicted molar refractivity (Wildman–Crippen MR) is 67.5 cm³/mol. The summed E-state index contributed by atoms with van der Waals surface area (Å²) in [5, 5.41) is 13.6. The molecule has 0 aromatic heterocycles. The van der Waals surface area contributed by atoms with Crippen molar-refractivity contribution in [3.63, 3.8) is 0 Å². The fourth-order valence-corrected chi connectivity index (χ4v) is 2.23. The van der Waals surface area contributed by atoms with E-state index in [1.807, 2.05) is 19.1 Å². The lowest BCUT2D eigenvalue weighted by molar-refractivity contribution is 0.197. The van der Waals surface area contributed by atoms with E-state index >= 15 is 0 Å². The van der Waals surface area contributed by atoms with E-state index in [4.69, 9.17) is 4.74 Å². The van der Waals surface area contributed by atoms with Crippen LogP contribution in [0.5, 0.6) is 11.5 Å². The second-order valence-electron chi connectivity index (χ2n) is 4.33. The number of benzene rings is 1. The highest BCUT2D eigenvalue weighted by Crippen LogP contribution is 2.35. The van der Waals surface area contributed by atoms with Crippen LogP contribution in [-0.2, 0) is 0 Å². The summed E-state index contributed by atoms with van der Waals surface area (Å²) in [6, 6.07) is 5.91. The Hall–Kier alpha value is -1.26. The van der Waals surface area contributed by atoms with Gasteiger partial charge in [0.2, 0.25) is 0 Å². The summed E-state index contributed by atoms with van der Waals surface area (Å²) in [4.78, 5) is 2.25. The van der Waals surface area contributed by atoms with Crippen molar-refractivity contribution in [1.29, 1.82) is 0 Å². The Labute approximate surface area is 102 Å². The molecule has 2 N–H and O–H groups in total. The van der Waals surface area contributed by atoms with Gasteiger partial charge in [-0.25, -0.2) is 0 Å². The average Bonchev–Trinajstić information content (AvgIpc) is 2.33. The fraction of sp³-hybridized carbons (Fsp3) is 0.538. The number of nitrogens with one attached hydrogen (secondary N) is 1. The lowest BCUT2D eigenvalue weighted by Gasteiger charge is -2.33. The summed E-state index contributed by atoms with van der Waals surface area (Å²) in [6.07, 6.45) is 0. The van der Waals surface area contributed by atoms with E-state index in [-0.39, 0.29) is 11.8 Å².